The number of aromatic nitrogens is 2. The van der Waals surface area contributed by atoms with Crippen LogP contribution in [-0.4, -0.2) is 16.1 Å². The quantitative estimate of drug-likeness (QED) is 0.596. The van der Waals surface area contributed by atoms with Crippen molar-refractivity contribution in [1.29, 1.82) is 0 Å². The molecule has 6 nitrogen and oxygen atoms in total. The van der Waals surface area contributed by atoms with Gasteiger partial charge in [0.1, 0.15) is 5.58 Å². The summed E-state index contributed by atoms with van der Waals surface area (Å²) in [7, 11) is 0. The van der Waals surface area contributed by atoms with E-state index in [0.717, 1.165) is 27.7 Å². The molecule has 0 bridgehead atoms. The Kier molecular flexibility index (Phi) is 4.01. The molecule has 6 heteroatoms. The molecule has 1 N–H and O–H groups in total. The summed E-state index contributed by atoms with van der Waals surface area (Å²) in [6.45, 7) is 3.98. The van der Waals surface area contributed by atoms with Gasteiger partial charge < -0.3 is 8.83 Å². The summed E-state index contributed by atoms with van der Waals surface area (Å²) in [6, 6.07) is 15.5. The van der Waals surface area contributed by atoms with Gasteiger partial charge in [-0.2, -0.15) is 0 Å². The summed E-state index contributed by atoms with van der Waals surface area (Å²) in [4.78, 5) is 12.3. The zero-order chi connectivity index (χ0) is 18.1. The molecule has 0 fully saturated rings. The van der Waals surface area contributed by atoms with E-state index in [2.05, 4.69) is 15.5 Å². The van der Waals surface area contributed by atoms with Crippen LogP contribution in [0.1, 0.15) is 16.7 Å². The predicted molar refractivity (Wildman–Crippen MR) is 97.8 cm³/mol. The van der Waals surface area contributed by atoms with Crippen LogP contribution in [0.3, 0.4) is 0 Å². The molecule has 0 radical (unpaired) electrons. The van der Waals surface area contributed by atoms with E-state index in [1.54, 1.807) is 0 Å². The van der Waals surface area contributed by atoms with E-state index >= 15 is 0 Å². The smallest absolute Gasteiger partial charge is 0.322 e. The summed E-state index contributed by atoms with van der Waals surface area (Å²) in [5.41, 5.74) is 3.89. The number of rotatable bonds is 4. The molecule has 0 aliphatic carbocycles. The maximum atomic E-state index is 12.3. The van der Waals surface area contributed by atoms with Crippen LogP contribution in [0.15, 0.2) is 57.4 Å². The monoisotopic (exact) mass is 347 g/mol. The third kappa shape index (κ3) is 3.21. The number of para-hydroxylation sites is 1. The molecule has 4 aromatic rings. The van der Waals surface area contributed by atoms with E-state index in [4.69, 9.17) is 8.83 Å². The number of fused-ring (bicyclic) bond motifs is 1. The molecular weight excluding hydrogens is 330 g/mol. The number of carbonyl (C=O) groups is 1. The number of amides is 1. The van der Waals surface area contributed by atoms with Crippen molar-refractivity contribution in [2.24, 2.45) is 0 Å². The maximum absolute atomic E-state index is 12.3. The van der Waals surface area contributed by atoms with Crippen LogP contribution >= 0.6 is 0 Å². The summed E-state index contributed by atoms with van der Waals surface area (Å²) < 4.78 is 11.2. The first-order valence-electron chi connectivity index (χ1n) is 8.27. The molecule has 26 heavy (non-hydrogen) atoms. The van der Waals surface area contributed by atoms with Crippen molar-refractivity contribution in [1.82, 2.24) is 10.2 Å². The molecule has 2 aromatic heterocycles. The zero-order valence-corrected chi connectivity index (χ0v) is 14.4. The predicted octanol–water partition coefficient (Wildman–Crippen LogP) is 4.28. The Morgan fingerprint density at radius 3 is 2.73 bits per heavy atom. The van der Waals surface area contributed by atoms with Crippen LogP contribution in [0.2, 0.25) is 0 Å². The van der Waals surface area contributed by atoms with Gasteiger partial charge in [0.15, 0.2) is 5.76 Å². The molecule has 2 heterocycles. The number of carbonyl (C=O) groups excluding carboxylic acids is 1. The van der Waals surface area contributed by atoms with Gasteiger partial charge in [-0.15, -0.1) is 5.10 Å². The van der Waals surface area contributed by atoms with Gasteiger partial charge in [-0.1, -0.05) is 47.1 Å². The van der Waals surface area contributed by atoms with E-state index in [0.29, 0.717) is 5.76 Å². The van der Waals surface area contributed by atoms with E-state index in [9.17, 15) is 4.79 Å². The number of aryl methyl sites for hydroxylation is 2. The third-order valence-corrected chi connectivity index (χ3v) is 4.16. The first kappa shape index (κ1) is 16.1. The fraction of sp³-hybridized carbons (Fsp3) is 0.150. The molecule has 0 saturated carbocycles. The van der Waals surface area contributed by atoms with Crippen LogP contribution in [-0.2, 0) is 11.2 Å². The third-order valence-electron chi connectivity index (χ3n) is 4.16. The molecule has 0 atom stereocenters. The molecule has 2 aromatic carbocycles. The number of nitrogens with zero attached hydrogens (tertiary/aromatic N) is 2. The first-order chi connectivity index (χ1) is 12.6. The Bertz CT molecular complexity index is 1060. The highest BCUT2D eigenvalue weighted by Crippen LogP contribution is 2.27. The molecule has 0 saturated heterocycles. The standard InChI is InChI=1S/C20H17N3O3/c1-12-7-8-13(2)15(9-12)11-18(24)21-20-23-22-19(26-20)17-10-14-5-3-4-6-16(14)25-17/h3-10H,11H2,1-2H3,(H,21,23,24). The van der Waals surface area contributed by atoms with Gasteiger partial charge in [-0.05, 0) is 37.1 Å². The van der Waals surface area contributed by atoms with Crippen LogP contribution in [0.5, 0.6) is 0 Å². The van der Waals surface area contributed by atoms with Crippen molar-refractivity contribution < 1.29 is 13.6 Å². The van der Waals surface area contributed by atoms with Crippen molar-refractivity contribution in [2.45, 2.75) is 20.3 Å². The van der Waals surface area contributed by atoms with Crippen molar-refractivity contribution in [2.75, 3.05) is 5.32 Å². The maximum Gasteiger partial charge on any atom is 0.322 e. The van der Waals surface area contributed by atoms with Crippen molar-refractivity contribution in [3.8, 4) is 11.7 Å². The Balaban J connectivity index is 1.49. The average Bonchev–Trinajstić information content (AvgIpc) is 3.24. The highest BCUT2D eigenvalue weighted by molar-refractivity contribution is 5.90. The highest BCUT2D eigenvalue weighted by atomic mass is 16.4. The van der Waals surface area contributed by atoms with Gasteiger partial charge in [0.2, 0.25) is 5.91 Å². The van der Waals surface area contributed by atoms with Crippen molar-refractivity contribution >= 4 is 22.9 Å². The topological polar surface area (TPSA) is 81.2 Å². The molecule has 0 unspecified atom stereocenters. The molecule has 1 amide bonds. The SMILES string of the molecule is Cc1ccc(C)c(CC(=O)Nc2nnc(-c3cc4ccccc4o3)o2)c1. The molecule has 0 spiro atoms. The fourth-order valence-corrected chi connectivity index (χ4v) is 2.79. The summed E-state index contributed by atoms with van der Waals surface area (Å²) >= 11 is 0. The lowest BCUT2D eigenvalue weighted by molar-refractivity contribution is -0.115. The minimum absolute atomic E-state index is 0.0516. The Morgan fingerprint density at radius 2 is 1.88 bits per heavy atom. The largest absolute Gasteiger partial charge is 0.451 e. The van der Waals surface area contributed by atoms with Gasteiger partial charge in [0.05, 0.1) is 6.42 Å². The van der Waals surface area contributed by atoms with Crippen LogP contribution in [0.4, 0.5) is 6.01 Å². The minimum Gasteiger partial charge on any atom is -0.451 e. The number of hydrogen-bond acceptors (Lipinski definition) is 5. The number of hydrogen-bond donors (Lipinski definition) is 1. The van der Waals surface area contributed by atoms with E-state index in [1.165, 1.54) is 0 Å². The summed E-state index contributed by atoms with van der Waals surface area (Å²) in [6.07, 6.45) is 0.246. The first-order valence-corrected chi connectivity index (χ1v) is 8.27. The number of benzene rings is 2. The fourth-order valence-electron chi connectivity index (χ4n) is 2.79. The normalized spacial score (nSPS) is 11.0. The number of nitrogens with one attached hydrogen (secondary N) is 1. The second-order valence-electron chi connectivity index (χ2n) is 6.22. The lowest BCUT2D eigenvalue weighted by Crippen LogP contribution is -2.15. The average molecular weight is 347 g/mol. The zero-order valence-electron chi connectivity index (χ0n) is 14.4. The Morgan fingerprint density at radius 1 is 1.04 bits per heavy atom. The molecule has 0 aliphatic rings. The molecule has 0 aliphatic heterocycles. The van der Waals surface area contributed by atoms with Gasteiger partial charge in [0.25, 0.3) is 5.89 Å². The molecule has 4 rings (SSSR count). The van der Waals surface area contributed by atoms with Crippen LogP contribution < -0.4 is 5.32 Å². The van der Waals surface area contributed by atoms with Crippen LogP contribution in [0.25, 0.3) is 22.6 Å². The second-order valence-corrected chi connectivity index (χ2v) is 6.22. The second kappa shape index (κ2) is 6.48. The molecule has 130 valence electrons. The Hall–Kier alpha value is -3.41. The van der Waals surface area contributed by atoms with Crippen molar-refractivity contribution in [3.63, 3.8) is 0 Å². The minimum atomic E-state index is -0.210. The number of anilines is 1. The van der Waals surface area contributed by atoms with Crippen LogP contribution in [0, 0.1) is 13.8 Å². The van der Waals surface area contributed by atoms with E-state index in [1.807, 2.05) is 62.4 Å². The van der Waals surface area contributed by atoms with Crippen molar-refractivity contribution in [3.05, 3.63) is 65.2 Å². The summed E-state index contributed by atoms with van der Waals surface area (Å²) in [5.74, 6) is 0.482. The lowest BCUT2D eigenvalue weighted by Gasteiger charge is -2.06. The number of furan rings is 1. The lowest BCUT2D eigenvalue weighted by atomic mass is 10.0. The Labute approximate surface area is 149 Å². The van der Waals surface area contributed by atoms with Gasteiger partial charge in [0, 0.05) is 5.39 Å². The highest BCUT2D eigenvalue weighted by Gasteiger charge is 2.15. The van der Waals surface area contributed by atoms with Gasteiger partial charge >= 0.3 is 6.01 Å². The molecular formula is C20H17N3O3. The van der Waals surface area contributed by atoms with E-state index in [-0.39, 0.29) is 24.2 Å². The van der Waals surface area contributed by atoms with E-state index < -0.39 is 0 Å². The van der Waals surface area contributed by atoms with Gasteiger partial charge in [-0.3, -0.25) is 10.1 Å². The van der Waals surface area contributed by atoms with Gasteiger partial charge in [-0.25, -0.2) is 0 Å². The summed E-state index contributed by atoms with van der Waals surface area (Å²) in [5, 5.41) is 11.4.